The Labute approximate surface area is 123 Å². The molecule has 0 aromatic heterocycles. The van der Waals surface area contributed by atoms with E-state index in [0.29, 0.717) is 5.92 Å². The van der Waals surface area contributed by atoms with Gasteiger partial charge >= 0.3 is 0 Å². The fourth-order valence-corrected chi connectivity index (χ4v) is 4.38. The van der Waals surface area contributed by atoms with E-state index in [1.54, 1.807) is 7.11 Å². The van der Waals surface area contributed by atoms with Gasteiger partial charge in [0.1, 0.15) is 5.75 Å². The molecule has 1 aliphatic carbocycles. The first kappa shape index (κ1) is 13.8. The van der Waals surface area contributed by atoms with E-state index < -0.39 is 0 Å². The van der Waals surface area contributed by atoms with Gasteiger partial charge in [0.05, 0.1) is 7.11 Å². The summed E-state index contributed by atoms with van der Waals surface area (Å²) in [5.74, 6) is 3.30. The summed E-state index contributed by atoms with van der Waals surface area (Å²) in [6.45, 7) is 7.22. The van der Waals surface area contributed by atoms with Crippen molar-refractivity contribution in [1.29, 1.82) is 0 Å². The molecular weight excluding hydrogens is 246 g/mol. The lowest BCUT2D eigenvalue weighted by molar-refractivity contribution is 0.157. The molecule has 0 spiro atoms. The van der Waals surface area contributed by atoms with Crippen LogP contribution in [0.25, 0.3) is 0 Å². The third-order valence-electron chi connectivity index (χ3n) is 5.88. The molecule has 0 N–H and O–H groups in total. The Hall–Kier alpha value is -1.18. The van der Waals surface area contributed by atoms with Crippen LogP contribution in [-0.2, 0) is 0 Å². The first-order valence-electron chi connectivity index (χ1n) is 7.87. The molecule has 2 heteroatoms. The Balaban J connectivity index is 2.11. The van der Waals surface area contributed by atoms with Gasteiger partial charge in [-0.2, -0.15) is 0 Å². The van der Waals surface area contributed by atoms with Crippen LogP contribution in [-0.4, -0.2) is 19.7 Å². The fraction of sp³-hybridized carbons (Fsp3) is 0.667. The summed E-state index contributed by atoms with van der Waals surface area (Å²) in [5, 5.41) is 0. The largest absolute Gasteiger partial charge is 0.497 e. The smallest absolute Gasteiger partial charge is 0.120 e. The Bertz CT molecular complexity index is 508. The van der Waals surface area contributed by atoms with Crippen LogP contribution in [0.3, 0.4) is 0 Å². The molecule has 0 radical (unpaired) electrons. The molecule has 1 heterocycles. The number of anilines is 1. The van der Waals surface area contributed by atoms with Crippen LogP contribution in [0.15, 0.2) is 18.2 Å². The molecule has 3 atom stereocenters. The van der Waals surface area contributed by atoms with E-state index in [4.69, 9.17) is 4.74 Å². The summed E-state index contributed by atoms with van der Waals surface area (Å²) in [7, 11) is 3.99. The number of hydrogen-bond acceptors (Lipinski definition) is 2. The lowest BCUT2D eigenvalue weighted by Gasteiger charge is -2.54. The molecule has 0 saturated heterocycles. The summed E-state index contributed by atoms with van der Waals surface area (Å²) < 4.78 is 5.43. The Morgan fingerprint density at radius 3 is 2.70 bits per heavy atom. The van der Waals surface area contributed by atoms with E-state index in [-0.39, 0.29) is 5.54 Å². The van der Waals surface area contributed by atoms with Crippen LogP contribution in [0.2, 0.25) is 0 Å². The van der Waals surface area contributed by atoms with Crippen molar-refractivity contribution in [2.24, 2.45) is 11.8 Å². The second-order valence-electron chi connectivity index (χ2n) is 7.27. The highest BCUT2D eigenvalue weighted by Crippen LogP contribution is 2.54. The van der Waals surface area contributed by atoms with Gasteiger partial charge in [-0.3, -0.25) is 0 Å². The van der Waals surface area contributed by atoms with Crippen molar-refractivity contribution in [3.8, 4) is 5.75 Å². The van der Waals surface area contributed by atoms with Crippen LogP contribution in [0, 0.1) is 11.8 Å². The van der Waals surface area contributed by atoms with Crippen LogP contribution in [0.5, 0.6) is 5.75 Å². The van der Waals surface area contributed by atoms with Gasteiger partial charge in [-0.1, -0.05) is 19.4 Å². The third-order valence-corrected chi connectivity index (χ3v) is 5.88. The van der Waals surface area contributed by atoms with E-state index in [0.717, 1.165) is 17.6 Å². The molecule has 3 rings (SSSR count). The topological polar surface area (TPSA) is 12.5 Å². The minimum absolute atomic E-state index is 0.226. The summed E-state index contributed by atoms with van der Waals surface area (Å²) in [5.41, 5.74) is 3.12. The van der Waals surface area contributed by atoms with Crippen molar-refractivity contribution in [2.75, 3.05) is 19.1 Å². The molecule has 20 heavy (non-hydrogen) atoms. The van der Waals surface area contributed by atoms with Crippen LogP contribution < -0.4 is 9.64 Å². The van der Waals surface area contributed by atoms with E-state index in [2.05, 4.69) is 50.9 Å². The van der Waals surface area contributed by atoms with E-state index >= 15 is 0 Å². The van der Waals surface area contributed by atoms with E-state index in [1.165, 1.54) is 30.5 Å². The SMILES string of the molecule is COc1ccc2c(c1)N(C)C(C)(C)C1CCC(C)CC21. The van der Waals surface area contributed by atoms with Gasteiger partial charge in [-0.05, 0) is 56.1 Å². The average molecular weight is 273 g/mol. The van der Waals surface area contributed by atoms with Crippen LogP contribution in [0.4, 0.5) is 5.69 Å². The second kappa shape index (κ2) is 4.68. The molecule has 2 aliphatic rings. The molecule has 0 amide bonds. The van der Waals surface area contributed by atoms with Crippen molar-refractivity contribution in [3.63, 3.8) is 0 Å². The Kier molecular flexibility index (Phi) is 3.23. The summed E-state index contributed by atoms with van der Waals surface area (Å²) in [4.78, 5) is 2.47. The molecule has 110 valence electrons. The summed E-state index contributed by atoms with van der Waals surface area (Å²) in [6.07, 6.45) is 4.07. The highest BCUT2D eigenvalue weighted by atomic mass is 16.5. The molecule has 2 nitrogen and oxygen atoms in total. The maximum atomic E-state index is 5.43. The van der Waals surface area contributed by atoms with Crippen molar-refractivity contribution in [3.05, 3.63) is 23.8 Å². The number of nitrogens with zero attached hydrogens (tertiary/aromatic N) is 1. The number of benzene rings is 1. The summed E-state index contributed by atoms with van der Waals surface area (Å²) >= 11 is 0. The molecule has 1 aliphatic heterocycles. The zero-order valence-electron chi connectivity index (χ0n) is 13.4. The van der Waals surface area contributed by atoms with Gasteiger partial charge in [0.2, 0.25) is 0 Å². The molecule has 0 bridgehead atoms. The van der Waals surface area contributed by atoms with E-state index in [1.807, 2.05) is 0 Å². The van der Waals surface area contributed by atoms with Crippen molar-refractivity contribution >= 4 is 5.69 Å². The van der Waals surface area contributed by atoms with Crippen molar-refractivity contribution in [1.82, 2.24) is 0 Å². The van der Waals surface area contributed by atoms with Gasteiger partial charge in [-0.15, -0.1) is 0 Å². The van der Waals surface area contributed by atoms with Gasteiger partial charge in [-0.25, -0.2) is 0 Å². The molecule has 3 unspecified atom stereocenters. The minimum atomic E-state index is 0.226. The quantitative estimate of drug-likeness (QED) is 0.750. The third kappa shape index (κ3) is 1.92. The molecule has 1 fully saturated rings. The zero-order chi connectivity index (χ0) is 14.5. The Morgan fingerprint density at radius 2 is 2.00 bits per heavy atom. The van der Waals surface area contributed by atoms with Crippen molar-refractivity contribution in [2.45, 2.75) is 51.5 Å². The number of hydrogen-bond donors (Lipinski definition) is 0. The standard InChI is InChI=1S/C18H27NO/c1-12-6-9-16-15(10-12)14-8-7-13(20-5)11-17(14)19(4)18(16,2)3/h7-8,11-12,15-16H,6,9-10H2,1-5H3. The Morgan fingerprint density at radius 1 is 1.25 bits per heavy atom. The van der Waals surface area contributed by atoms with Crippen molar-refractivity contribution < 1.29 is 4.74 Å². The molecule has 1 aromatic rings. The predicted molar refractivity (Wildman–Crippen MR) is 84.7 cm³/mol. The number of fused-ring (bicyclic) bond motifs is 3. The average Bonchev–Trinajstić information content (AvgIpc) is 2.44. The van der Waals surface area contributed by atoms with Crippen LogP contribution in [0.1, 0.15) is 51.5 Å². The van der Waals surface area contributed by atoms with Gasteiger partial charge in [0.15, 0.2) is 0 Å². The maximum absolute atomic E-state index is 5.43. The number of methoxy groups -OCH3 is 1. The first-order chi connectivity index (χ1) is 9.45. The van der Waals surface area contributed by atoms with Gasteiger partial charge in [0.25, 0.3) is 0 Å². The lowest BCUT2D eigenvalue weighted by Crippen LogP contribution is -2.54. The number of ether oxygens (including phenoxy) is 1. The molecular formula is C18H27NO. The van der Waals surface area contributed by atoms with Gasteiger partial charge in [0, 0.05) is 24.3 Å². The molecule has 1 saturated carbocycles. The highest BCUT2D eigenvalue weighted by molar-refractivity contribution is 5.62. The van der Waals surface area contributed by atoms with Crippen LogP contribution >= 0.6 is 0 Å². The van der Waals surface area contributed by atoms with E-state index in [9.17, 15) is 0 Å². The fourth-order valence-electron chi connectivity index (χ4n) is 4.38. The summed E-state index contributed by atoms with van der Waals surface area (Å²) in [6, 6.07) is 6.64. The predicted octanol–water partition coefficient (Wildman–Crippen LogP) is 4.44. The maximum Gasteiger partial charge on any atom is 0.120 e. The first-order valence-corrected chi connectivity index (χ1v) is 7.87. The number of rotatable bonds is 1. The van der Waals surface area contributed by atoms with Gasteiger partial charge < -0.3 is 9.64 Å². The zero-order valence-corrected chi connectivity index (χ0v) is 13.4. The monoisotopic (exact) mass is 273 g/mol. The minimum Gasteiger partial charge on any atom is -0.497 e. The second-order valence-corrected chi connectivity index (χ2v) is 7.27. The highest BCUT2D eigenvalue weighted by Gasteiger charge is 2.46. The molecule has 1 aromatic carbocycles. The lowest BCUT2D eigenvalue weighted by atomic mass is 9.62. The normalized spacial score (nSPS) is 31.4.